The monoisotopic (exact) mass is 319 g/mol. The summed E-state index contributed by atoms with van der Waals surface area (Å²) >= 11 is 1.50. The summed E-state index contributed by atoms with van der Waals surface area (Å²) in [4.78, 5) is 9.80. The van der Waals surface area contributed by atoms with Crippen molar-refractivity contribution in [2.24, 2.45) is 0 Å². The molecule has 1 atom stereocenters. The number of rotatable bonds is 7. The number of nitrogen functional groups attached to an aromatic ring is 1. The average molecular weight is 319 g/mol. The molecule has 9 heteroatoms. The van der Waals surface area contributed by atoms with Gasteiger partial charge in [-0.2, -0.15) is 11.8 Å². The normalized spacial score (nSPS) is 13.1. The van der Waals surface area contributed by atoms with Crippen molar-refractivity contribution in [2.75, 3.05) is 17.7 Å². The quantitative estimate of drug-likeness (QED) is 0.448. The SMILES string of the molecule is CCC(CSC)NS(=O)(=O)c1cc(N)ccc1[N+](=O)[O-]. The summed E-state index contributed by atoms with van der Waals surface area (Å²) in [6.45, 7) is 1.84. The highest BCUT2D eigenvalue weighted by molar-refractivity contribution is 7.98. The maximum atomic E-state index is 12.3. The van der Waals surface area contributed by atoms with Crippen LogP contribution in [0.4, 0.5) is 11.4 Å². The maximum Gasteiger partial charge on any atom is 0.289 e. The van der Waals surface area contributed by atoms with Crippen LogP contribution in [0.5, 0.6) is 0 Å². The predicted molar refractivity (Wildman–Crippen MR) is 80.3 cm³/mol. The van der Waals surface area contributed by atoms with Crippen LogP contribution in [-0.2, 0) is 10.0 Å². The van der Waals surface area contributed by atoms with Crippen molar-refractivity contribution in [3.63, 3.8) is 0 Å². The Hall–Kier alpha value is -1.32. The van der Waals surface area contributed by atoms with Crippen LogP contribution in [0.1, 0.15) is 13.3 Å². The lowest BCUT2D eigenvalue weighted by atomic mass is 10.3. The van der Waals surface area contributed by atoms with Gasteiger partial charge in [-0.25, -0.2) is 13.1 Å². The fourth-order valence-electron chi connectivity index (χ4n) is 1.62. The predicted octanol–water partition coefficient (Wildman–Crippen LogP) is 1.60. The fourth-order valence-corrected chi connectivity index (χ4v) is 3.97. The Balaban J connectivity index is 3.21. The number of thioether (sulfide) groups is 1. The highest BCUT2D eigenvalue weighted by Crippen LogP contribution is 2.26. The minimum Gasteiger partial charge on any atom is -0.399 e. The Labute approximate surface area is 122 Å². The van der Waals surface area contributed by atoms with Gasteiger partial charge in [0.1, 0.15) is 0 Å². The first-order valence-electron chi connectivity index (χ1n) is 5.87. The van der Waals surface area contributed by atoms with E-state index >= 15 is 0 Å². The summed E-state index contributed by atoms with van der Waals surface area (Å²) in [6, 6.07) is 3.22. The third-order valence-electron chi connectivity index (χ3n) is 2.65. The average Bonchev–Trinajstić information content (AvgIpc) is 2.37. The topological polar surface area (TPSA) is 115 Å². The molecule has 0 fully saturated rings. The number of anilines is 1. The maximum absolute atomic E-state index is 12.3. The molecule has 0 heterocycles. The van der Waals surface area contributed by atoms with Gasteiger partial charge in [-0.15, -0.1) is 0 Å². The van der Waals surface area contributed by atoms with Gasteiger partial charge in [0.05, 0.1) is 4.92 Å². The lowest BCUT2D eigenvalue weighted by Gasteiger charge is -2.16. The van der Waals surface area contributed by atoms with E-state index in [2.05, 4.69) is 4.72 Å². The molecule has 112 valence electrons. The summed E-state index contributed by atoms with van der Waals surface area (Å²) < 4.78 is 27.0. The molecular weight excluding hydrogens is 302 g/mol. The number of nitro benzene ring substituents is 1. The molecule has 0 aliphatic rings. The molecule has 0 bridgehead atoms. The molecule has 0 spiro atoms. The molecule has 1 aromatic carbocycles. The molecule has 0 saturated carbocycles. The summed E-state index contributed by atoms with van der Waals surface area (Å²) in [5.74, 6) is 0.589. The van der Waals surface area contributed by atoms with Gasteiger partial charge in [0.2, 0.25) is 10.0 Å². The van der Waals surface area contributed by atoms with Crippen molar-refractivity contribution in [3.05, 3.63) is 28.3 Å². The van der Waals surface area contributed by atoms with Crippen LogP contribution in [0.25, 0.3) is 0 Å². The fraction of sp³-hybridized carbons (Fsp3) is 0.455. The number of nitrogens with two attached hydrogens (primary N) is 1. The van der Waals surface area contributed by atoms with Crippen molar-refractivity contribution in [3.8, 4) is 0 Å². The minimum absolute atomic E-state index is 0.161. The van der Waals surface area contributed by atoms with Crippen LogP contribution in [0.15, 0.2) is 23.1 Å². The summed E-state index contributed by atoms with van der Waals surface area (Å²) in [5, 5.41) is 10.9. The van der Waals surface area contributed by atoms with E-state index in [9.17, 15) is 18.5 Å². The second kappa shape index (κ2) is 6.91. The van der Waals surface area contributed by atoms with Gasteiger partial charge in [-0.1, -0.05) is 6.92 Å². The molecule has 0 amide bonds. The zero-order chi connectivity index (χ0) is 15.3. The van der Waals surface area contributed by atoms with Crippen molar-refractivity contribution in [2.45, 2.75) is 24.3 Å². The zero-order valence-electron chi connectivity index (χ0n) is 11.2. The first-order valence-corrected chi connectivity index (χ1v) is 8.74. The van der Waals surface area contributed by atoms with E-state index in [0.717, 1.165) is 12.1 Å². The van der Waals surface area contributed by atoms with Crippen molar-refractivity contribution in [1.29, 1.82) is 0 Å². The van der Waals surface area contributed by atoms with Gasteiger partial charge in [0.15, 0.2) is 4.90 Å². The number of nitro groups is 1. The van der Waals surface area contributed by atoms with E-state index < -0.39 is 25.5 Å². The second-order valence-electron chi connectivity index (χ2n) is 4.17. The molecule has 1 unspecified atom stereocenters. The third kappa shape index (κ3) is 4.09. The molecule has 1 rings (SSSR count). The molecule has 7 nitrogen and oxygen atoms in total. The van der Waals surface area contributed by atoms with E-state index in [-0.39, 0.29) is 11.7 Å². The summed E-state index contributed by atoms with van der Waals surface area (Å²) in [7, 11) is -3.98. The highest BCUT2D eigenvalue weighted by Gasteiger charge is 2.27. The molecule has 0 radical (unpaired) electrons. The van der Waals surface area contributed by atoms with Gasteiger partial charge in [0, 0.05) is 23.5 Å². The van der Waals surface area contributed by atoms with E-state index in [1.54, 1.807) is 0 Å². The molecule has 0 saturated heterocycles. The van der Waals surface area contributed by atoms with Crippen LogP contribution in [0.3, 0.4) is 0 Å². The standard InChI is InChI=1S/C11H17N3O4S2/c1-3-9(7-19-2)13-20(17,18)11-6-8(12)4-5-10(11)14(15)16/h4-6,9,13H,3,7,12H2,1-2H3. The molecular formula is C11H17N3O4S2. The van der Waals surface area contributed by atoms with Crippen LogP contribution in [-0.4, -0.2) is 31.4 Å². The van der Waals surface area contributed by atoms with Crippen molar-refractivity contribution < 1.29 is 13.3 Å². The molecule has 0 aliphatic heterocycles. The van der Waals surface area contributed by atoms with Gasteiger partial charge in [-0.05, 0) is 24.8 Å². The lowest BCUT2D eigenvalue weighted by molar-refractivity contribution is -0.387. The lowest BCUT2D eigenvalue weighted by Crippen LogP contribution is -2.36. The zero-order valence-corrected chi connectivity index (χ0v) is 12.8. The van der Waals surface area contributed by atoms with Crippen LogP contribution in [0.2, 0.25) is 0 Å². The van der Waals surface area contributed by atoms with Crippen LogP contribution < -0.4 is 10.5 Å². The number of benzene rings is 1. The van der Waals surface area contributed by atoms with Crippen LogP contribution >= 0.6 is 11.8 Å². The number of sulfonamides is 1. The second-order valence-corrected chi connectivity index (χ2v) is 6.76. The molecule has 0 aliphatic carbocycles. The minimum atomic E-state index is -3.98. The van der Waals surface area contributed by atoms with Gasteiger partial charge >= 0.3 is 0 Å². The Morgan fingerprint density at radius 1 is 1.50 bits per heavy atom. The van der Waals surface area contributed by atoms with E-state index in [4.69, 9.17) is 5.73 Å². The highest BCUT2D eigenvalue weighted by atomic mass is 32.2. The number of hydrogen-bond acceptors (Lipinski definition) is 6. The van der Waals surface area contributed by atoms with Gasteiger partial charge in [0.25, 0.3) is 5.69 Å². The largest absolute Gasteiger partial charge is 0.399 e. The number of nitrogens with zero attached hydrogens (tertiary/aromatic N) is 1. The molecule has 1 aromatic rings. The van der Waals surface area contributed by atoms with Gasteiger partial charge < -0.3 is 5.73 Å². The molecule has 0 aromatic heterocycles. The summed E-state index contributed by atoms with van der Waals surface area (Å²) in [6.07, 6.45) is 2.45. The smallest absolute Gasteiger partial charge is 0.289 e. The molecule has 20 heavy (non-hydrogen) atoms. The van der Waals surface area contributed by atoms with E-state index in [1.165, 1.54) is 17.8 Å². The molecule has 3 N–H and O–H groups in total. The summed E-state index contributed by atoms with van der Waals surface area (Å²) in [5.41, 5.74) is 5.21. The van der Waals surface area contributed by atoms with E-state index in [0.29, 0.717) is 12.2 Å². The van der Waals surface area contributed by atoms with Gasteiger partial charge in [-0.3, -0.25) is 10.1 Å². The first-order chi connectivity index (χ1) is 9.31. The van der Waals surface area contributed by atoms with Crippen molar-refractivity contribution in [1.82, 2.24) is 4.72 Å². The Morgan fingerprint density at radius 3 is 2.65 bits per heavy atom. The van der Waals surface area contributed by atoms with Crippen LogP contribution in [0, 0.1) is 10.1 Å². The van der Waals surface area contributed by atoms with E-state index in [1.807, 2.05) is 13.2 Å². The Morgan fingerprint density at radius 2 is 2.15 bits per heavy atom. The Kier molecular flexibility index (Phi) is 5.78. The Bertz CT molecular complexity index is 589. The van der Waals surface area contributed by atoms with Crippen molar-refractivity contribution >= 4 is 33.2 Å². The number of hydrogen-bond donors (Lipinski definition) is 2. The third-order valence-corrected chi connectivity index (χ3v) is 4.94. The number of nitrogens with one attached hydrogen (secondary N) is 1. The first kappa shape index (κ1) is 16.7.